The molecule has 0 unspecified atom stereocenters. The van der Waals surface area contributed by atoms with E-state index in [1.165, 1.54) is 18.2 Å². The molecular weight excluding hydrogens is 341 g/mol. The summed E-state index contributed by atoms with van der Waals surface area (Å²) in [6.45, 7) is 3.08. The smallest absolute Gasteiger partial charge is 0.339 e. The molecule has 1 amide bonds. The van der Waals surface area contributed by atoms with E-state index in [9.17, 15) is 18.0 Å². The number of likely N-dealkylation sites (tertiary alicyclic amines) is 1. The van der Waals surface area contributed by atoms with Crippen molar-refractivity contribution in [3.63, 3.8) is 0 Å². The van der Waals surface area contributed by atoms with Crippen LogP contribution in [0.15, 0.2) is 24.3 Å². The number of piperidine rings is 2. The zero-order chi connectivity index (χ0) is 16.5. The molecular formula is C17H22ClF3N2O. The number of benzene rings is 1. The van der Waals surface area contributed by atoms with E-state index in [4.69, 9.17) is 0 Å². The van der Waals surface area contributed by atoms with Gasteiger partial charge in [0.1, 0.15) is 0 Å². The van der Waals surface area contributed by atoms with Crippen molar-refractivity contribution in [1.29, 1.82) is 0 Å². The van der Waals surface area contributed by atoms with E-state index in [1.807, 2.05) is 0 Å². The van der Waals surface area contributed by atoms with Crippen molar-refractivity contribution in [1.82, 2.24) is 10.2 Å². The molecule has 0 saturated carbocycles. The Kier molecular flexibility index (Phi) is 5.81. The first kappa shape index (κ1) is 19.1. The molecule has 0 aromatic heterocycles. The molecule has 1 aromatic carbocycles. The first-order chi connectivity index (χ1) is 10.9. The van der Waals surface area contributed by atoms with E-state index in [1.54, 1.807) is 4.90 Å². The maximum absolute atomic E-state index is 13.1. The molecule has 2 aliphatic heterocycles. The zero-order valence-corrected chi connectivity index (χ0v) is 14.2. The summed E-state index contributed by atoms with van der Waals surface area (Å²) < 4.78 is 39.3. The van der Waals surface area contributed by atoms with Crippen LogP contribution in [0.4, 0.5) is 13.2 Å². The second-order valence-electron chi connectivity index (χ2n) is 6.59. The van der Waals surface area contributed by atoms with Gasteiger partial charge in [-0.3, -0.25) is 4.79 Å². The van der Waals surface area contributed by atoms with Gasteiger partial charge in [0, 0.05) is 13.1 Å². The molecule has 24 heavy (non-hydrogen) atoms. The zero-order valence-electron chi connectivity index (χ0n) is 13.4. The van der Waals surface area contributed by atoms with E-state index in [0.717, 1.165) is 44.8 Å². The van der Waals surface area contributed by atoms with Crippen LogP contribution in [-0.2, 0) is 6.18 Å². The molecule has 0 radical (unpaired) electrons. The Bertz CT molecular complexity index is 575. The molecule has 0 aliphatic carbocycles. The molecule has 2 aliphatic rings. The summed E-state index contributed by atoms with van der Waals surface area (Å²) in [5.74, 6) is -0.498. The van der Waals surface area contributed by atoms with Crippen LogP contribution in [0.1, 0.15) is 41.6 Å². The van der Waals surface area contributed by atoms with Crippen LogP contribution in [0.5, 0.6) is 0 Å². The van der Waals surface area contributed by atoms with Gasteiger partial charge in [0.05, 0.1) is 11.1 Å². The topological polar surface area (TPSA) is 32.3 Å². The predicted octanol–water partition coefficient (Wildman–Crippen LogP) is 3.73. The second kappa shape index (κ2) is 7.31. The van der Waals surface area contributed by atoms with E-state index in [0.29, 0.717) is 13.1 Å². The molecule has 3 nitrogen and oxygen atoms in total. The Morgan fingerprint density at radius 1 is 1.04 bits per heavy atom. The maximum Gasteiger partial charge on any atom is 0.417 e. The van der Waals surface area contributed by atoms with Crippen molar-refractivity contribution >= 4 is 18.3 Å². The molecule has 0 bridgehead atoms. The lowest BCUT2D eigenvalue weighted by molar-refractivity contribution is -0.138. The number of alkyl halides is 3. The van der Waals surface area contributed by atoms with Gasteiger partial charge in [-0.15, -0.1) is 12.4 Å². The number of carbonyl (C=O) groups is 1. The van der Waals surface area contributed by atoms with E-state index in [-0.39, 0.29) is 23.4 Å². The lowest BCUT2D eigenvalue weighted by Crippen LogP contribution is -2.47. The third kappa shape index (κ3) is 3.86. The highest BCUT2D eigenvalue weighted by atomic mass is 35.5. The van der Waals surface area contributed by atoms with Gasteiger partial charge in [0.15, 0.2) is 0 Å². The quantitative estimate of drug-likeness (QED) is 0.825. The van der Waals surface area contributed by atoms with Gasteiger partial charge in [-0.25, -0.2) is 0 Å². The Balaban J connectivity index is 0.00000208. The lowest BCUT2D eigenvalue weighted by Gasteiger charge is -2.44. The van der Waals surface area contributed by atoms with Gasteiger partial charge in [0.2, 0.25) is 0 Å². The average molecular weight is 363 g/mol. The van der Waals surface area contributed by atoms with Crippen molar-refractivity contribution in [2.45, 2.75) is 31.9 Å². The number of nitrogens with zero attached hydrogens (tertiary/aromatic N) is 1. The predicted molar refractivity (Wildman–Crippen MR) is 88.4 cm³/mol. The molecule has 0 atom stereocenters. The van der Waals surface area contributed by atoms with Gasteiger partial charge < -0.3 is 10.2 Å². The first-order valence-electron chi connectivity index (χ1n) is 8.08. The lowest BCUT2D eigenvalue weighted by atomic mass is 9.71. The Morgan fingerprint density at radius 3 is 2.21 bits per heavy atom. The van der Waals surface area contributed by atoms with Gasteiger partial charge in [-0.05, 0) is 56.3 Å². The summed E-state index contributed by atoms with van der Waals surface area (Å²) >= 11 is 0. The van der Waals surface area contributed by atoms with Crippen molar-refractivity contribution < 1.29 is 18.0 Å². The number of amides is 1. The standard InChI is InChI=1S/C17H21F3N2O.ClH/c18-17(19,20)14-4-2-1-3-13(14)15(23)22-11-7-16(8-12-22)5-9-21-10-6-16;/h1-4,21H,5-12H2;1H. The van der Waals surface area contributed by atoms with Crippen molar-refractivity contribution in [2.24, 2.45) is 5.41 Å². The number of hydrogen-bond donors (Lipinski definition) is 1. The fraction of sp³-hybridized carbons (Fsp3) is 0.588. The fourth-order valence-electron chi connectivity index (χ4n) is 3.73. The molecule has 7 heteroatoms. The first-order valence-corrected chi connectivity index (χ1v) is 8.08. The van der Waals surface area contributed by atoms with Crippen LogP contribution in [0, 0.1) is 5.41 Å². The third-order valence-corrected chi connectivity index (χ3v) is 5.24. The number of hydrogen-bond acceptors (Lipinski definition) is 2. The summed E-state index contributed by atoms with van der Waals surface area (Å²) in [6, 6.07) is 5.06. The average Bonchev–Trinajstić information content (AvgIpc) is 2.55. The monoisotopic (exact) mass is 362 g/mol. The van der Waals surface area contributed by atoms with Crippen LogP contribution in [0.3, 0.4) is 0 Å². The Morgan fingerprint density at radius 2 is 1.62 bits per heavy atom. The van der Waals surface area contributed by atoms with E-state index < -0.39 is 17.6 Å². The summed E-state index contributed by atoms with van der Waals surface area (Å²) in [6.07, 6.45) is -0.552. The molecule has 1 aromatic rings. The minimum Gasteiger partial charge on any atom is -0.339 e. The van der Waals surface area contributed by atoms with Gasteiger partial charge in [0.25, 0.3) is 5.91 Å². The Labute approximate surface area is 146 Å². The van der Waals surface area contributed by atoms with Crippen LogP contribution < -0.4 is 5.32 Å². The molecule has 1 spiro atoms. The molecule has 3 rings (SSSR count). The van der Waals surface area contributed by atoms with Gasteiger partial charge in [-0.1, -0.05) is 12.1 Å². The fourth-order valence-corrected chi connectivity index (χ4v) is 3.73. The molecule has 2 heterocycles. The highest BCUT2D eigenvalue weighted by Gasteiger charge is 2.39. The molecule has 2 saturated heterocycles. The summed E-state index contributed by atoms with van der Waals surface area (Å²) in [7, 11) is 0. The third-order valence-electron chi connectivity index (χ3n) is 5.24. The SMILES string of the molecule is Cl.O=C(c1ccccc1C(F)(F)F)N1CCC2(CCNCC2)CC1. The van der Waals surface area contributed by atoms with Gasteiger partial charge >= 0.3 is 6.18 Å². The van der Waals surface area contributed by atoms with Crippen molar-refractivity contribution in [2.75, 3.05) is 26.2 Å². The number of halogens is 4. The molecule has 1 N–H and O–H groups in total. The molecule has 134 valence electrons. The van der Waals surface area contributed by atoms with Gasteiger partial charge in [-0.2, -0.15) is 13.2 Å². The second-order valence-corrected chi connectivity index (χ2v) is 6.59. The van der Waals surface area contributed by atoms with Crippen LogP contribution in [-0.4, -0.2) is 37.0 Å². The highest BCUT2D eigenvalue weighted by Crippen LogP contribution is 2.40. The number of carbonyl (C=O) groups excluding carboxylic acids is 1. The maximum atomic E-state index is 13.1. The Hall–Kier alpha value is -1.27. The van der Waals surface area contributed by atoms with E-state index >= 15 is 0 Å². The van der Waals surface area contributed by atoms with Crippen LogP contribution in [0.2, 0.25) is 0 Å². The minimum atomic E-state index is -4.50. The highest BCUT2D eigenvalue weighted by molar-refractivity contribution is 5.96. The number of rotatable bonds is 1. The van der Waals surface area contributed by atoms with Crippen LogP contribution in [0.25, 0.3) is 0 Å². The van der Waals surface area contributed by atoms with Crippen LogP contribution >= 0.6 is 12.4 Å². The minimum absolute atomic E-state index is 0. The number of nitrogens with one attached hydrogen (secondary N) is 1. The van der Waals surface area contributed by atoms with Crippen molar-refractivity contribution in [3.05, 3.63) is 35.4 Å². The van der Waals surface area contributed by atoms with Crippen molar-refractivity contribution in [3.8, 4) is 0 Å². The van der Waals surface area contributed by atoms with E-state index in [2.05, 4.69) is 5.32 Å². The largest absolute Gasteiger partial charge is 0.417 e. The summed E-state index contributed by atoms with van der Waals surface area (Å²) in [4.78, 5) is 14.1. The summed E-state index contributed by atoms with van der Waals surface area (Å²) in [5, 5.41) is 3.33. The summed E-state index contributed by atoms with van der Waals surface area (Å²) in [5.41, 5.74) is -0.806. The molecule has 2 fully saturated rings. The normalized spacial score (nSPS) is 20.5.